The van der Waals surface area contributed by atoms with Gasteiger partial charge in [0.2, 0.25) is 0 Å². The molecule has 29 heavy (non-hydrogen) atoms. The first-order valence-corrected chi connectivity index (χ1v) is 9.70. The molecule has 0 unspecified atom stereocenters. The van der Waals surface area contributed by atoms with Gasteiger partial charge < -0.3 is 15.1 Å². The molecule has 1 fully saturated rings. The molecule has 0 aliphatic carbocycles. The maximum atomic E-state index is 5.77. The summed E-state index contributed by atoms with van der Waals surface area (Å²) < 4.78 is 0. The van der Waals surface area contributed by atoms with E-state index in [1.807, 2.05) is 55.5 Å². The number of hydrogen-bond acceptors (Lipinski definition) is 6. The van der Waals surface area contributed by atoms with Gasteiger partial charge in [0, 0.05) is 44.0 Å². The Morgan fingerprint density at radius 2 is 1.76 bits per heavy atom. The van der Waals surface area contributed by atoms with E-state index in [4.69, 9.17) is 12.8 Å². The van der Waals surface area contributed by atoms with E-state index in [9.17, 15) is 0 Å². The number of piperazine rings is 1. The number of rotatable bonds is 5. The molecule has 4 rings (SSSR count). The predicted octanol–water partition coefficient (Wildman–Crippen LogP) is 1.97. The van der Waals surface area contributed by atoms with Crippen molar-refractivity contribution in [1.82, 2.24) is 25.1 Å². The summed E-state index contributed by atoms with van der Waals surface area (Å²) in [5, 5.41) is 10.5. The number of aromatic nitrogens is 4. The fourth-order valence-corrected chi connectivity index (χ4v) is 3.18. The Hall–Kier alpha value is -3.13. The second kappa shape index (κ2) is 8.49. The summed E-state index contributed by atoms with van der Waals surface area (Å²) in [6.07, 6.45) is 3.91. The van der Waals surface area contributed by atoms with Crippen LogP contribution in [0.3, 0.4) is 0 Å². The van der Waals surface area contributed by atoms with Crippen molar-refractivity contribution in [3.05, 3.63) is 53.5 Å². The average Bonchev–Trinajstić information content (AvgIpc) is 3.12. The monoisotopic (exact) mass is 385 g/mol. The normalized spacial score (nSPS) is 15.2. The lowest BCUT2D eigenvalue weighted by Crippen LogP contribution is -2.44. The maximum Gasteiger partial charge on any atom is 0.156 e. The molecular weight excluding hydrogens is 361 g/mol. The molecule has 1 aliphatic rings. The maximum absolute atomic E-state index is 5.77. The number of anilines is 3. The van der Waals surface area contributed by atoms with E-state index in [2.05, 4.69) is 37.3 Å². The van der Waals surface area contributed by atoms with Crippen LogP contribution in [0.2, 0.25) is 0 Å². The number of aromatic amines is 1. The highest BCUT2D eigenvalue weighted by molar-refractivity contribution is 6.32. The first-order valence-electron chi connectivity index (χ1n) is 9.70. The van der Waals surface area contributed by atoms with Gasteiger partial charge >= 0.3 is 0 Å². The number of hydrogen-bond donors (Lipinski definition) is 2. The van der Waals surface area contributed by atoms with Crippen molar-refractivity contribution in [3.8, 4) is 0 Å². The van der Waals surface area contributed by atoms with Crippen LogP contribution in [0.1, 0.15) is 17.1 Å². The first kappa shape index (κ1) is 19.2. The van der Waals surface area contributed by atoms with E-state index in [-0.39, 0.29) is 0 Å². The van der Waals surface area contributed by atoms with Gasteiger partial charge in [0.25, 0.3) is 0 Å². The van der Waals surface area contributed by atoms with Crippen molar-refractivity contribution in [1.29, 1.82) is 0 Å². The second-order valence-electron chi connectivity index (χ2n) is 7.32. The van der Waals surface area contributed by atoms with Crippen LogP contribution in [-0.2, 0) is 0 Å². The summed E-state index contributed by atoms with van der Waals surface area (Å²) >= 11 is 0. The van der Waals surface area contributed by atoms with Gasteiger partial charge in [0.15, 0.2) is 11.6 Å². The van der Waals surface area contributed by atoms with Crippen molar-refractivity contribution < 1.29 is 0 Å². The van der Waals surface area contributed by atoms with Crippen LogP contribution in [0.25, 0.3) is 12.2 Å². The number of aryl methyl sites for hydroxylation is 1. The van der Waals surface area contributed by atoms with Crippen LogP contribution in [-0.4, -0.2) is 66.1 Å². The Morgan fingerprint density at radius 3 is 2.45 bits per heavy atom. The number of H-pyrrole nitrogens is 1. The van der Waals surface area contributed by atoms with Crippen LogP contribution in [0.5, 0.6) is 0 Å². The molecule has 1 aromatic carbocycles. The zero-order chi connectivity index (χ0) is 20.2. The number of nitrogens with one attached hydrogen (secondary N) is 2. The molecule has 3 heterocycles. The molecule has 0 amide bonds. The van der Waals surface area contributed by atoms with Crippen LogP contribution in [0.4, 0.5) is 17.5 Å². The molecule has 2 aromatic heterocycles. The fourth-order valence-electron chi connectivity index (χ4n) is 3.18. The molecule has 8 heteroatoms. The van der Waals surface area contributed by atoms with Crippen molar-refractivity contribution in [2.75, 3.05) is 43.4 Å². The largest absolute Gasteiger partial charge is 0.354 e. The van der Waals surface area contributed by atoms with E-state index in [1.165, 1.54) is 0 Å². The smallest absolute Gasteiger partial charge is 0.156 e. The van der Waals surface area contributed by atoms with E-state index >= 15 is 0 Å². The minimum absolute atomic E-state index is 0.646. The molecule has 0 atom stereocenters. The van der Waals surface area contributed by atoms with Crippen molar-refractivity contribution in [2.45, 2.75) is 6.92 Å². The molecule has 2 radical (unpaired) electrons. The van der Waals surface area contributed by atoms with Gasteiger partial charge in [-0.2, -0.15) is 5.10 Å². The molecular formula is C21H24BN7. The molecule has 2 N–H and O–H groups in total. The van der Waals surface area contributed by atoms with E-state index in [1.54, 1.807) is 0 Å². The topological polar surface area (TPSA) is 73.0 Å². The molecule has 1 saturated heterocycles. The van der Waals surface area contributed by atoms with Crippen LogP contribution >= 0.6 is 0 Å². The summed E-state index contributed by atoms with van der Waals surface area (Å²) in [6, 6.07) is 11.6. The third-order valence-corrected chi connectivity index (χ3v) is 4.88. The zero-order valence-electron chi connectivity index (χ0n) is 16.8. The third-order valence-electron chi connectivity index (χ3n) is 4.88. The number of benzene rings is 1. The SMILES string of the molecule is [B]c1ccc(/C=C/c2nc(Nc3cc(C)[nH]n3)cc(N3CCN(C)CC3)n2)cc1. The lowest BCUT2D eigenvalue weighted by Gasteiger charge is -2.33. The van der Waals surface area contributed by atoms with Crippen molar-refractivity contribution in [2.24, 2.45) is 0 Å². The summed E-state index contributed by atoms with van der Waals surface area (Å²) in [5.74, 6) is 3.02. The third kappa shape index (κ3) is 5.03. The van der Waals surface area contributed by atoms with Gasteiger partial charge in [-0.25, -0.2) is 9.97 Å². The summed E-state index contributed by atoms with van der Waals surface area (Å²) in [7, 11) is 7.91. The van der Waals surface area contributed by atoms with Crippen molar-refractivity contribution in [3.63, 3.8) is 0 Å². The second-order valence-corrected chi connectivity index (χ2v) is 7.32. The Kier molecular flexibility index (Phi) is 5.62. The lowest BCUT2D eigenvalue weighted by molar-refractivity contribution is 0.312. The number of likely N-dealkylation sites (N-methyl/N-ethyl adjacent to an activating group) is 1. The van der Waals surface area contributed by atoms with Gasteiger partial charge in [0.05, 0.1) is 0 Å². The van der Waals surface area contributed by atoms with Crippen LogP contribution < -0.4 is 15.7 Å². The van der Waals surface area contributed by atoms with Crippen LogP contribution in [0.15, 0.2) is 36.4 Å². The van der Waals surface area contributed by atoms with E-state index in [0.29, 0.717) is 5.82 Å². The van der Waals surface area contributed by atoms with Gasteiger partial charge in [-0.15, -0.1) is 0 Å². The van der Waals surface area contributed by atoms with Gasteiger partial charge in [-0.3, -0.25) is 5.10 Å². The van der Waals surface area contributed by atoms with E-state index in [0.717, 1.165) is 60.4 Å². The highest BCUT2D eigenvalue weighted by Gasteiger charge is 2.17. The summed E-state index contributed by atoms with van der Waals surface area (Å²) in [4.78, 5) is 14.1. The minimum Gasteiger partial charge on any atom is -0.354 e. The Balaban J connectivity index is 1.62. The lowest BCUT2D eigenvalue weighted by atomic mass is 9.95. The first-order chi connectivity index (χ1) is 14.0. The standard InChI is InChI=1S/C21H24BN7/c1-15-13-20(27-26-15)24-19-14-21(29-11-9-28(2)10-12-29)25-18(23-19)8-5-16-3-6-17(22)7-4-16/h3-8,13-14H,9-12H2,1-2H3,(H2,23,24,25,26,27)/b8-5+. The summed E-state index contributed by atoms with van der Waals surface area (Å²) in [6.45, 7) is 5.88. The molecule has 0 spiro atoms. The predicted molar refractivity (Wildman–Crippen MR) is 119 cm³/mol. The average molecular weight is 385 g/mol. The Morgan fingerprint density at radius 1 is 1.00 bits per heavy atom. The van der Waals surface area contributed by atoms with Gasteiger partial charge in [-0.1, -0.05) is 35.8 Å². The molecule has 7 nitrogen and oxygen atoms in total. The fraction of sp³-hybridized carbons (Fsp3) is 0.286. The zero-order valence-corrected chi connectivity index (χ0v) is 16.8. The summed E-state index contributed by atoms with van der Waals surface area (Å²) in [5.41, 5.74) is 2.78. The highest BCUT2D eigenvalue weighted by atomic mass is 15.3. The Bertz CT molecular complexity index is 989. The quantitative estimate of drug-likeness (QED) is 0.655. The van der Waals surface area contributed by atoms with Gasteiger partial charge in [-0.05, 0) is 25.6 Å². The highest BCUT2D eigenvalue weighted by Crippen LogP contribution is 2.21. The Labute approximate surface area is 172 Å². The van der Waals surface area contributed by atoms with Gasteiger partial charge in [0.1, 0.15) is 19.5 Å². The molecule has 0 bridgehead atoms. The van der Waals surface area contributed by atoms with Crippen LogP contribution in [0, 0.1) is 6.92 Å². The van der Waals surface area contributed by atoms with Crippen molar-refractivity contribution >= 4 is 42.9 Å². The number of nitrogens with zero attached hydrogens (tertiary/aromatic N) is 5. The van der Waals surface area contributed by atoms with E-state index < -0.39 is 0 Å². The molecule has 1 aliphatic heterocycles. The minimum atomic E-state index is 0.646. The molecule has 0 saturated carbocycles. The molecule has 3 aromatic rings. The molecule has 146 valence electrons.